The molecule has 5 heteroatoms. The van der Waals surface area contributed by atoms with E-state index in [9.17, 15) is 9.90 Å². The van der Waals surface area contributed by atoms with Crippen molar-refractivity contribution in [3.05, 3.63) is 53.9 Å². The van der Waals surface area contributed by atoms with E-state index in [0.29, 0.717) is 18.7 Å². The molecule has 0 bridgehead atoms. The van der Waals surface area contributed by atoms with Gasteiger partial charge in [-0.3, -0.25) is 9.78 Å². The summed E-state index contributed by atoms with van der Waals surface area (Å²) in [6, 6.07) is 10.5. The molecule has 3 rings (SSSR count). The normalized spacial score (nSPS) is 15.0. The van der Waals surface area contributed by atoms with Crippen LogP contribution in [0, 0.1) is 6.92 Å². The number of rotatable bonds is 2. The molecule has 0 spiro atoms. The molecule has 114 valence electrons. The summed E-state index contributed by atoms with van der Waals surface area (Å²) in [4.78, 5) is 20.8. The van der Waals surface area contributed by atoms with E-state index in [1.807, 2.05) is 24.1 Å². The topological polar surface area (TPSA) is 56.7 Å². The molecule has 2 aromatic rings. The quantitative estimate of drug-likeness (QED) is 0.922. The Kier molecular flexibility index (Phi) is 3.96. The monoisotopic (exact) mass is 297 g/mol. The van der Waals surface area contributed by atoms with Crippen molar-refractivity contribution in [2.75, 3.05) is 31.1 Å². The zero-order valence-electron chi connectivity index (χ0n) is 12.6. The van der Waals surface area contributed by atoms with Crippen LogP contribution in [0.25, 0.3) is 0 Å². The maximum absolute atomic E-state index is 12.4. The number of nitrogens with zero attached hydrogens (tertiary/aromatic N) is 3. The first-order chi connectivity index (χ1) is 10.6. The summed E-state index contributed by atoms with van der Waals surface area (Å²) in [5.74, 6) is 0.194. The molecule has 0 atom stereocenters. The van der Waals surface area contributed by atoms with Crippen LogP contribution in [0.3, 0.4) is 0 Å². The van der Waals surface area contributed by atoms with E-state index in [4.69, 9.17) is 0 Å². The second-order valence-electron chi connectivity index (χ2n) is 5.48. The second kappa shape index (κ2) is 6.05. The number of amides is 1. The number of pyridine rings is 1. The van der Waals surface area contributed by atoms with E-state index in [1.165, 1.54) is 0 Å². The number of piperazine rings is 1. The minimum Gasteiger partial charge on any atom is -0.508 e. The van der Waals surface area contributed by atoms with Gasteiger partial charge in [-0.15, -0.1) is 0 Å². The van der Waals surface area contributed by atoms with Gasteiger partial charge in [0.05, 0.1) is 0 Å². The number of aromatic hydroxyl groups is 1. The van der Waals surface area contributed by atoms with E-state index in [0.717, 1.165) is 24.5 Å². The van der Waals surface area contributed by atoms with Crippen molar-refractivity contribution < 1.29 is 9.90 Å². The van der Waals surface area contributed by atoms with E-state index in [2.05, 4.69) is 16.0 Å². The molecule has 1 fully saturated rings. The minimum atomic E-state index is 0.0190. The molecule has 1 aromatic carbocycles. The summed E-state index contributed by atoms with van der Waals surface area (Å²) < 4.78 is 0. The fourth-order valence-electron chi connectivity index (χ4n) is 2.68. The highest BCUT2D eigenvalue weighted by Crippen LogP contribution is 2.18. The van der Waals surface area contributed by atoms with Crippen molar-refractivity contribution in [2.45, 2.75) is 6.92 Å². The lowest BCUT2D eigenvalue weighted by atomic mass is 10.1. The van der Waals surface area contributed by atoms with E-state index in [1.54, 1.807) is 24.3 Å². The summed E-state index contributed by atoms with van der Waals surface area (Å²) >= 11 is 0. The van der Waals surface area contributed by atoms with E-state index < -0.39 is 0 Å². The number of hydrogen-bond acceptors (Lipinski definition) is 4. The zero-order valence-corrected chi connectivity index (χ0v) is 12.6. The van der Waals surface area contributed by atoms with Crippen molar-refractivity contribution in [3.63, 3.8) is 0 Å². The molecule has 1 aliphatic heterocycles. The van der Waals surface area contributed by atoms with Crippen LogP contribution < -0.4 is 4.90 Å². The molecule has 5 nitrogen and oxygen atoms in total. The number of aryl methyl sites for hydroxylation is 1. The number of phenolic OH excluding ortho intramolecular Hbond substituents is 1. The number of anilines is 1. The molecular formula is C17H19N3O2. The number of benzene rings is 1. The summed E-state index contributed by atoms with van der Waals surface area (Å²) in [5.41, 5.74) is 2.77. The maximum Gasteiger partial charge on any atom is 0.253 e. The van der Waals surface area contributed by atoms with Crippen LogP contribution in [0.1, 0.15) is 16.1 Å². The Labute approximate surface area is 129 Å². The fraction of sp³-hybridized carbons (Fsp3) is 0.294. The van der Waals surface area contributed by atoms with Crippen molar-refractivity contribution in [1.82, 2.24) is 9.88 Å². The summed E-state index contributed by atoms with van der Waals surface area (Å²) in [6.07, 6.45) is 1.82. The van der Waals surface area contributed by atoms with Crippen molar-refractivity contribution in [2.24, 2.45) is 0 Å². The third kappa shape index (κ3) is 3.03. The molecule has 22 heavy (non-hydrogen) atoms. The van der Waals surface area contributed by atoms with Crippen molar-refractivity contribution in [3.8, 4) is 5.75 Å². The SMILES string of the molecule is Cc1cc(N2CCN(C(=O)c3ccc(O)cc3)CC2)ccn1. The van der Waals surface area contributed by atoms with Gasteiger partial charge >= 0.3 is 0 Å². The third-order valence-electron chi connectivity index (χ3n) is 3.93. The molecule has 0 unspecified atom stereocenters. The highest BCUT2D eigenvalue weighted by molar-refractivity contribution is 5.94. The van der Waals surface area contributed by atoms with E-state index >= 15 is 0 Å². The minimum absolute atomic E-state index is 0.0190. The molecule has 1 N–H and O–H groups in total. The summed E-state index contributed by atoms with van der Waals surface area (Å²) in [6.45, 7) is 5.00. The van der Waals surface area contributed by atoms with Gasteiger partial charge in [-0.2, -0.15) is 0 Å². The van der Waals surface area contributed by atoms with Gasteiger partial charge < -0.3 is 14.9 Å². The lowest BCUT2D eigenvalue weighted by Crippen LogP contribution is -2.48. The second-order valence-corrected chi connectivity index (χ2v) is 5.48. The lowest BCUT2D eigenvalue weighted by molar-refractivity contribution is 0.0747. The Morgan fingerprint density at radius 2 is 1.77 bits per heavy atom. The van der Waals surface area contributed by atoms with Gasteiger partial charge in [0.15, 0.2) is 0 Å². The van der Waals surface area contributed by atoms with Crippen molar-refractivity contribution >= 4 is 11.6 Å². The van der Waals surface area contributed by atoms with Gasteiger partial charge in [-0.05, 0) is 43.3 Å². The first-order valence-electron chi connectivity index (χ1n) is 7.39. The number of carbonyl (C=O) groups is 1. The Morgan fingerprint density at radius 3 is 2.41 bits per heavy atom. The fourth-order valence-corrected chi connectivity index (χ4v) is 2.68. The largest absolute Gasteiger partial charge is 0.508 e. The van der Waals surface area contributed by atoms with Gasteiger partial charge in [0.2, 0.25) is 0 Å². The van der Waals surface area contributed by atoms with Gasteiger partial charge in [-0.25, -0.2) is 0 Å². The smallest absolute Gasteiger partial charge is 0.253 e. The Hall–Kier alpha value is -2.56. The van der Waals surface area contributed by atoms with Crippen LogP contribution >= 0.6 is 0 Å². The van der Waals surface area contributed by atoms with Crippen molar-refractivity contribution in [1.29, 1.82) is 0 Å². The van der Waals surface area contributed by atoms with Crippen LogP contribution in [0.2, 0.25) is 0 Å². The molecule has 1 aromatic heterocycles. The molecule has 1 aliphatic rings. The first kappa shape index (κ1) is 14.4. The predicted octanol–water partition coefficient (Wildman–Crippen LogP) is 2.06. The van der Waals surface area contributed by atoms with Gasteiger partial charge in [-0.1, -0.05) is 0 Å². The molecule has 1 amide bonds. The highest BCUT2D eigenvalue weighted by Gasteiger charge is 2.22. The van der Waals surface area contributed by atoms with Crippen LogP contribution in [0.4, 0.5) is 5.69 Å². The third-order valence-corrected chi connectivity index (χ3v) is 3.93. The molecular weight excluding hydrogens is 278 g/mol. The van der Waals surface area contributed by atoms with Crippen LogP contribution in [-0.2, 0) is 0 Å². The Balaban J connectivity index is 1.64. The number of aromatic nitrogens is 1. The number of carbonyl (C=O) groups excluding carboxylic acids is 1. The van der Waals surface area contributed by atoms with Gasteiger partial charge in [0, 0.05) is 49.3 Å². The lowest BCUT2D eigenvalue weighted by Gasteiger charge is -2.36. The standard InChI is InChI=1S/C17H19N3O2/c1-13-12-15(6-7-18-13)19-8-10-20(11-9-19)17(22)14-2-4-16(21)5-3-14/h2-7,12,21H,8-11H2,1H3. The molecule has 1 saturated heterocycles. The average Bonchev–Trinajstić information content (AvgIpc) is 2.55. The van der Waals surface area contributed by atoms with Crippen LogP contribution in [0.5, 0.6) is 5.75 Å². The summed E-state index contributed by atoms with van der Waals surface area (Å²) in [7, 11) is 0. The molecule has 0 radical (unpaired) electrons. The molecule has 2 heterocycles. The Bertz CT molecular complexity index is 662. The first-order valence-corrected chi connectivity index (χ1v) is 7.39. The average molecular weight is 297 g/mol. The Morgan fingerprint density at radius 1 is 1.09 bits per heavy atom. The maximum atomic E-state index is 12.4. The molecule has 0 aliphatic carbocycles. The van der Waals surface area contributed by atoms with Crippen LogP contribution in [-0.4, -0.2) is 47.1 Å². The van der Waals surface area contributed by atoms with E-state index in [-0.39, 0.29) is 11.7 Å². The number of phenols is 1. The van der Waals surface area contributed by atoms with Gasteiger partial charge in [0.1, 0.15) is 5.75 Å². The van der Waals surface area contributed by atoms with Gasteiger partial charge in [0.25, 0.3) is 5.91 Å². The highest BCUT2D eigenvalue weighted by atomic mass is 16.3. The predicted molar refractivity (Wildman–Crippen MR) is 85.2 cm³/mol. The van der Waals surface area contributed by atoms with Crippen LogP contribution in [0.15, 0.2) is 42.6 Å². The number of hydrogen-bond donors (Lipinski definition) is 1. The molecule has 0 saturated carbocycles. The summed E-state index contributed by atoms with van der Waals surface area (Å²) in [5, 5.41) is 9.30. The zero-order chi connectivity index (χ0) is 15.5.